The molecule has 1 unspecified atom stereocenters. The van der Waals surface area contributed by atoms with E-state index in [1.54, 1.807) is 0 Å². The number of amides is 1. The van der Waals surface area contributed by atoms with Crippen LogP contribution < -0.4 is 10.6 Å². The van der Waals surface area contributed by atoms with E-state index >= 15 is 0 Å². The van der Waals surface area contributed by atoms with Crippen molar-refractivity contribution in [3.8, 4) is 0 Å². The summed E-state index contributed by atoms with van der Waals surface area (Å²) in [5, 5.41) is 6.28. The monoisotopic (exact) mass is 276 g/mol. The van der Waals surface area contributed by atoms with E-state index in [0.717, 1.165) is 45.4 Å². The van der Waals surface area contributed by atoms with Gasteiger partial charge in [-0.1, -0.05) is 6.42 Å². The van der Waals surface area contributed by atoms with Gasteiger partial charge in [0.1, 0.15) is 0 Å². The van der Waals surface area contributed by atoms with Crippen LogP contribution in [0.25, 0.3) is 0 Å². The van der Waals surface area contributed by atoms with Gasteiger partial charge >= 0.3 is 0 Å². The van der Waals surface area contributed by atoms with E-state index in [-0.39, 0.29) is 24.4 Å². The molecule has 5 heteroatoms. The molecule has 0 aromatic carbocycles. The molecule has 0 bridgehead atoms. The maximum Gasteiger partial charge on any atom is 0.237 e. The fraction of sp³-hybridized carbons (Fsp3) is 0.923. The number of rotatable bonds is 4. The number of ether oxygens (including phenoxy) is 1. The number of piperidine rings is 1. The molecule has 2 saturated heterocycles. The zero-order valence-corrected chi connectivity index (χ0v) is 11.8. The lowest BCUT2D eigenvalue weighted by molar-refractivity contribution is -0.123. The lowest BCUT2D eigenvalue weighted by Gasteiger charge is -2.24. The molecule has 0 aromatic heterocycles. The number of hydrogen-bond acceptors (Lipinski definition) is 3. The van der Waals surface area contributed by atoms with Crippen LogP contribution in [0.4, 0.5) is 0 Å². The van der Waals surface area contributed by atoms with Gasteiger partial charge in [-0.05, 0) is 45.1 Å². The highest BCUT2D eigenvalue weighted by atomic mass is 35.5. The van der Waals surface area contributed by atoms with Crippen LogP contribution in [0.1, 0.15) is 44.9 Å². The minimum atomic E-state index is 0. The van der Waals surface area contributed by atoms with Crippen molar-refractivity contribution in [2.75, 3.05) is 19.7 Å². The number of nitrogens with one attached hydrogen (secondary N) is 2. The van der Waals surface area contributed by atoms with Gasteiger partial charge in [-0.25, -0.2) is 0 Å². The predicted octanol–water partition coefficient (Wildman–Crippen LogP) is 1.63. The van der Waals surface area contributed by atoms with Gasteiger partial charge in [0, 0.05) is 13.2 Å². The Kier molecular flexibility index (Phi) is 7.63. The van der Waals surface area contributed by atoms with Crippen LogP contribution in [0.15, 0.2) is 0 Å². The zero-order valence-electron chi connectivity index (χ0n) is 11.0. The maximum absolute atomic E-state index is 11.8. The molecule has 2 aliphatic heterocycles. The molecule has 4 nitrogen and oxygen atoms in total. The molecule has 2 aliphatic rings. The highest BCUT2D eigenvalue weighted by Gasteiger charge is 2.20. The SMILES string of the molecule is Cl.O=C(NCCC1CCCCO1)[C@H]1CCCCN1. The number of hydrogen-bond donors (Lipinski definition) is 2. The molecule has 0 saturated carbocycles. The molecule has 2 rings (SSSR count). The highest BCUT2D eigenvalue weighted by Crippen LogP contribution is 2.15. The second-order valence-electron chi connectivity index (χ2n) is 5.07. The first-order valence-corrected chi connectivity index (χ1v) is 6.99. The zero-order chi connectivity index (χ0) is 11.9. The van der Waals surface area contributed by atoms with Gasteiger partial charge in [0.15, 0.2) is 0 Å². The quantitative estimate of drug-likeness (QED) is 0.821. The summed E-state index contributed by atoms with van der Waals surface area (Å²) in [6, 6.07) is 0.0380. The Bertz CT molecular complexity index is 239. The summed E-state index contributed by atoms with van der Waals surface area (Å²) < 4.78 is 5.64. The van der Waals surface area contributed by atoms with Gasteiger partial charge in [-0.2, -0.15) is 0 Å². The molecule has 2 fully saturated rings. The van der Waals surface area contributed by atoms with E-state index in [9.17, 15) is 4.79 Å². The molecule has 18 heavy (non-hydrogen) atoms. The Morgan fingerprint density at radius 1 is 1.22 bits per heavy atom. The minimum Gasteiger partial charge on any atom is -0.378 e. The summed E-state index contributed by atoms with van der Waals surface area (Å²) in [5.74, 6) is 0.167. The third-order valence-electron chi connectivity index (χ3n) is 3.67. The van der Waals surface area contributed by atoms with Crippen molar-refractivity contribution in [1.82, 2.24) is 10.6 Å². The molecule has 0 radical (unpaired) electrons. The summed E-state index contributed by atoms with van der Waals surface area (Å²) in [6.07, 6.45) is 8.26. The molecule has 2 N–H and O–H groups in total. The standard InChI is InChI=1S/C13H24N2O2.ClH/c16-13(12-6-1-3-8-14-12)15-9-7-11-5-2-4-10-17-11;/h11-12,14H,1-10H2,(H,15,16);1H/t11?,12-;/m1./s1. The van der Waals surface area contributed by atoms with Gasteiger partial charge in [-0.3, -0.25) is 4.79 Å². The summed E-state index contributed by atoms with van der Waals surface area (Å²) >= 11 is 0. The maximum atomic E-state index is 11.8. The van der Waals surface area contributed by atoms with Gasteiger partial charge in [0.05, 0.1) is 12.1 Å². The molecular formula is C13H25ClN2O2. The molecule has 2 heterocycles. The van der Waals surface area contributed by atoms with E-state index in [1.807, 2.05) is 0 Å². The molecule has 0 aliphatic carbocycles. The van der Waals surface area contributed by atoms with Crippen molar-refractivity contribution >= 4 is 18.3 Å². The molecular weight excluding hydrogens is 252 g/mol. The largest absolute Gasteiger partial charge is 0.378 e. The van der Waals surface area contributed by atoms with E-state index in [4.69, 9.17) is 4.74 Å². The third-order valence-corrected chi connectivity index (χ3v) is 3.67. The Hall–Kier alpha value is -0.320. The summed E-state index contributed by atoms with van der Waals surface area (Å²) in [5.41, 5.74) is 0. The average molecular weight is 277 g/mol. The van der Waals surface area contributed by atoms with Crippen molar-refractivity contribution in [2.45, 2.75) is 57.1 Å². The second kappa shape index (κ2) is 8.73. The van der Waals surface area contributed by atoms with Gasteiger partial charge in [0.2, 0.25) is 5.91 Å². The number of carbonyl (C=O) groups is 1. The smallest absolute Gasteiger partial charge is 0.237 e. The second-order valence-corrected chi connectivity index (χ2v) is 5.07. The lowest BCUT2D eigenvalue weighted by Crippen LogP contribution is -2.47. The molecule has 2 atom stereocenters. The van der Waals surface area contributed by atoms with Gasteiger partial charge in [-0.15, -0.1) is 12.4 Å². The van der Waals surface area contributed by atoms with Gasteiger partial charge < -0.3 is 15.4 Å². The van der Waals surface area contributed by atoms with Crippen LogP contribution in [0.2, 0.25) is 0 Å². The fourth-order valence-corrected chi connectivity index (χ4v) is 2.59. The third kappa shape index (κ3) is 5.12. The Morgan fingerprint density at radius 2 is 2.06 bits per heavy atom. The lowest BCUT2D eigenvalue weighted by atomic mass is 10.0. The number of carbonyl (C=O) groups excluding carboxylic acids is 1. The van der Waals surface area contributed by atoms with Crippen molar-refractivity contribution < 1.29 is 9.53 Å². The van der Waals surface area contributed by atoms with Crippen LogP contribution in [0.3, 0.4) is 0 Å². The van der Waals surface area contributed by atoms with Crippen LogP contribution >= 0.6 is 12.4 Å². The first kappa shape index (κ1) is 15.7. The summed E-state index contributed by atoms with van der Waals surface area (Å²) in [4.78, 5) is 11.8. The first-order chi connectivity index (χ1) is 8.36. The highest BCUT2D eigenvalue weighted by molar-refractivity contribution is 5.85. The van der Waals surface area contributed by atoms with E-state index in [2.05, 4.69) is 10.6 Å². The summed E-state index contributed by atoms with van der Waals surface area (Å²) in [6.45, 7) is 2.62. The van der Waals surface area contributed by atoms with Crippen molar-refractivity contribution in [3.05, 3.63) is 0 Å². The minimum absolute atomic E-state index is 0. The summed E-state index contributed by atoms with van der Waals surface area (Å²) in [7, 11) is 0. The van der Waals surface area contributed by atoms with Gasteiger partial charge in [0.25, 0.3) is 0 Å². The van der Waals surface area contributed by atoms with Crippen LogP contribution in [-0.4, -0.2) is 37.7 Å². The van der Waals surface area contributed by atoms with Crippen molar-refractivity contribution in [1.29, 1.82) is 0 Å². The molecule has 1 amide bonds. The Labute approximate surface area is 116 Å². The Balaban J connectivity index is 0.00000162. The molecule has 106 valence electrons. The normalized spacial score (nSPS) is 28.2. The fourth-order valence-electron chi connectivity index (χ4n) is 2.59. The molecule has 0 aromatic rings. The van der Waals surface area contributed by atoms with Crippen LogP contribution in [0, 0.1) is 0 Å². The van der Waals surface area contributed by atoms with E-state index in [0.29, 0.717) is 6.10 Å². The molecule has 0 spiro atoms. The van der Waals surface area contributed by atoms with Crippen molar-refractivity contribution in [3.63, 3.8) is 0 Å². The van der Waals surface area contributed by atoms with E-state index in [1.165, 1.54) is 19.3 Å². The van der Waals surface area contributed by atoms with Crippen LogP contribution in [-0.2, 0) is 9.53 Å². The average Bonchev–Trinajstić information content (AvgIpc) is 2.41. The first-order valence-electron chi connectivity index (χ1n) is 6.99. The topological polar surface area (TPSA) is 50.4 Å². The number of halogens is 1. The Morgan fingerprint density at radius 3 is 2.72 bits per heavy atom. The van der Waals surface area contributed by atoms with Crippen LogP contribution in [0.5, 0.6) is 0 Å². The predicted molar refractivity (Wildman–Crippen MR) is 74.1 cm³/mol. The van der Waals surface area contributed by atoms with E-state index < -0.39 is 0 Å². The van der Waals surface area contributed by atoms with Crippen molar-refractivity contribution in [2.24, 2.45) is 0 Å².